The van der Waals surface area contributed by atoms with Gasteiger partial charge in [0.2, 0.25) is 0 Å². The molecule has 0 fully saturated rings. The van der Waals surface area contributed by atoms with E-state index >= 15 is 0 Å². The lowest BCUT2D eigenvalue weighted by Gasteiger charge is -2.18. The van der Waals surface area contributed by atoms with E-state index in [-0.39, 0.29) is 31.1 Å². The Kier molecular flexibility index (Phi) is 41.0. The summed E-state index contributed by atoms with van der Waals surface area (Å²) < 4.78 is 16.7. The van der Waals surface area contributed by atoms with E-state index in [0.29, 0.717) is 19.3 Å². The molecule has 0 aromatic rings. The van der Waals surface area contributed by atoms with Crippen LogP contribution in [0.4, 0.5) is 0 Å². The lowest BCUT2D eigenvalue weighted by atomic mass is 10.1. The molecule has 0 aliphatic rings. The fourth-order valence-corrected chi connectivity index (χ4v) is 6.10. The predicted molar refractivity (Wildman–Crippen MR) is 229 cm³/mol. The van der Waals surface area contributed by atoms with Crippen LogP contribution in [0.25, 0.3) is 0 Å². The first-order chi connectivity index (χ1) is 26.5. The maximum Gasteiger partial charge on any atom is 0.306 e. The van der Waals surface area contributed by atoms with Crippen molar-refractivity contribution in [2.24, 2.45) is 0 Å². The Morgan fingerprint density at radius 1 is 0.370 bits per heavy atom. The summed E-state index contributed by atoms with van der Waals surface area (Å²) in [4.78, 5) is 37.7. The molecule has 0 aliphatic carbocycles. The third-order valence-corrected chi connectivity index (χ3v) is 9.52. The molecule has 0 aromatic heterocycles. The third kappa shape index (κ3) is 40.6. The molecule has 0 saturated carbocycles. The summed E-state index contributed by atoms with van der Waals surface area (Å²) in [6.07, 6.45) is 49.4. The van der Waals surface area contributed by atoms with Gasteiger partial charge in [0.1, 0.15) is 13.2 Å². The molecule has 0 N–H and O–H groups in total. The van der Waals surface area contributed by atoms with Gasteiger partial charge in [-0.05, 0) is 70.6 Å². The molecule has 312 valence electrons. The number of ether oxygens (including phenoxy) is 3. The highest BCUT2D eigenvalue weighted by atomic mass is 16.6. The Hall–Kier alpha value is -2.63. The van der Waals surface area contributed by atoms with Gasteiger partial charge < -0.3 is 14.2 Å². The van der Waals surface area contributed by atoms with Crippen molar-refractivity contribution in [2.45, 2.75) is 226 Å². The normalized spacial score (nSPS) is 12.4. The van der Waals surface area contributed by atoms with Crippen LogP contribution >= 0.6 is 0 Å². The van der Waals surface area contributed by atoms with Crippen molar-refractivity contribution in [2.75, 3.05) is 13.2 Å². The van der Waals surface area contributed by atoms with Crippen molar-refractivity contribution in [1.29, 1.82) is 0 Å². The minimum atomic E-state index is -0.781. The van der Waals surface area contributed by atoms with Gasteiger partial charge in [0.25, 0.3) is 0 Å². The molecule has 1 unspecified atom stereocenters. The van der Waals surface area contributed by atoms with Crippen molar-refractivity contribution in [1.82, 2.24) is 0 Å². The molecule has 0 rings (SSSR count). The van der Waals surface area contributed by atoms with Crippen LogP contribution in [-0.2, 0) is 28.6 Å². The molecule has 0 radical (unpaired) electrons. The van der Waals surface area contributed by atoms with Crippen molar-refractivity contribution in [3.05, 3.63) is 48.6 Å². The first-order valence-corrected chi connectivity index (χ1v) is 22.6. The molecule has 1 atom stereocenters. The average Bonchev–Trinajstić information content (AvgIpc) is 3.17. The third-order valence-electron chi connectivity index (χ3n) is 9.52. The van der Waals surface area contributed by atoms with Gasteiger partial charge in [-0.2, -0.15) is 0 Å². The van der Waals surface area contributed by atoms with Crippen molar-refractivity contribution in [3.63, 3.8) is 0 Å². The monoisotopic (exact) mass is 757 g/mol. The van der Waals surface area contributed by atoms with E-state index in [4.69, 9.17) is 14.2 Å². The maximum atomic E-state index is 12.7. The zero-order valence-electron chi connectivity index (χ0n) is 35.5. The summed E-state index contributed by atoms with van der Waals surface area (Å²) in [6, 6.07) is 0. The van der Waals surface area contributed by atoms with E-state index in [1.54, 1.807) is 0 Å². The van der Waals surface area contributed by atoms with Gasteiger partial charge >= 0.3 is 17.9 Å². The molecule has 0 spiro atoms. The summed E-state index contributed by atoms with van der Waals surface area (Å²) in [5.74, 6) is -0.915. The minimum absolute atomic E-state index is 0.0823. The smallest absolute Gasteiger partial charge is 0.306 e. The Labute approximate surface area is 333 Å². The maximum absolute atomic E-state index is 12.7. The summed E-state index contributed by atoms with van der Waals surface area (Å²) in [5.41, 5.74) is 0. The zero-order valence-corrected chi connectivity index (χ0v) is 35.5. The molecule has 6 nitrogen and oxygen atoms in total. The standard InChI is InChI=1S/C48H84O6/c1-4-7-10-13-16-19-22-24-26-29-32-35-38-41-47(50)53-44-45(43-52-46(49)40-37-34-31-28-21-18-15-12-9-6-3)54-48(51)42-39-36-33-30-27-25-23-20-17-14-11-8-5-2/h10-11,13-14,19-20,22-23,45H,4-9,12,15-18,21,24-44H2,1-3H3/b13-10-,14-11-,22-19-,23-20-. The number of hydrogen-bond donors (Lipinski definition) is 0. The highest BCUT2D eigenvalue weighted by Crippen LogP contribution is 2.14. The first kappa shape index (κ1) is 51.4. The van der Waals surface area contributed by atoms with Crippen LogP contribution in [0.15, 0.2) is 48.6 Å². The van der Waals surface area contributed by atoms with Gasteiger partial charge in [-0.3, -0.25) is 14.4 Å². The summed E-state index contributed by atoms with van der Waals surface area (Å²) in [5, 5.41) is 0. The number of esters is 3. The number of hydrogen-bond acceptors (Lipinski definition) is 6. The lowest BCUT2D eigenvalue weighted by molar-refractivity contribution is -0.167. The molecule has 0 aliphatic heterocycles. The van der Waals surface area contributed by atoms with E-state index in [0.717, 1.165) is 116 Å². The van der Waals surface area contributed by atoms with E-state index < -0.39 is 6.10 Å². The van der Waals surface area contributed by atoms with Crippen LogP contribution in [0.5, 0.6) is 0 Å². The second kappa shape index (κ2) is 43.1. The van der Waals surface area contributed by atoms with E-state index in [2.05, 4.69) is 69.4 Å². The molecule has 0 amide bonds. The van der Waals surface area contributed by atoms with E-state index in [1.807, 2.05) is 0 Å². The van der Waals surface area contributed by atoms with E-state index in [9.17, 15) is 14.4 Å². The minimum Gasteiger partial charge on any atom is -0.462 e. The van der Waals surface area contributed by atoms with Crippen LogP contribution in [0.2, 0.25) is 0 Å². The van der Waals surface area contributed by atoms with Crippen LogP contribution in [0, 0.1) is 0 Å². The topological polar surface area (TPSA) is 78.9 Å². The zero-order chi connectivity index (χ0) is 39.4. The van der Waals surface area contributed by atoms with Gasteiger partial charge in [0.05, 0.1) is 0 Å². The van der Waals surface area contributed by atoms with Gasteiger partial charge in [0, 0.05) is 19.3 Å². The molecule has 0 bridgehead atoms. The van der Waals surface area contributed by atoms with Crippen molar-refractivity contribution >= 4 is 17.9 Å². The second-order valence-electron chi connectivity index (χ2n) is 15.0. The summed E-state index contributed by atoms with van der Waals surface area (Å²) in [7, 11) is 0. The van der Waals surface area contributed by atoms with Crippen LogP contribution < -0.4 is 0 Å². The Bertz CT molecular complexity index is 964. The number of carbonyl (C=O) groups excluding carboxylic acids is 3. The predicted octanol–water partition coefficient (Wildman–Crippen LogP) is 14.4. The fraction of sp³-hybridized carbons (Fsp3) is 0.771. The average molecular weight is 757 g/mol. The first-order valence-electron chi connectivity index (χ1n) is 22.6. The van der Waals surface area contributed by atoms with Gasteiger partial charge in [-0.15, -0.1) is 0 Å². The fourth-order valence-electron chi connectivity index (χ4n) is 6.10. The highest BCUT2D eigenvalue weighted by Gasteiger charge is 2.19. The lowest BCUT2D eigenvalue weighted by Crippen LogP contribution is -2.30. The highest BCUT2D eigenvalue weighted by molar-refractivity contribution is 5.71. The second-order valence-corrected chi connectivity index (χ2v) is 15.0. The largest absolute Gasteiger partial charge is 0.462 e. The van der Waals surface area contributed by atoms with Gasteiger partial charge in [0.15, 0.2) is 6.10 Å². The molecule has 6 heteroatoms. The summed E-state index contributed by atoms with van der Waals surface area (Å²) in [6.45, 7) is 6.46. The van der Waals surface area contributed by atoms with Crippen molar-refractivity contribution < 1.29 is 28.6 Å². The van der Waals surface area contributed by atoms with Crippen LogP contribution in [0.3, 0.4) is 0 Å². The molecular formula is C48H84O6. The van der Waals surface area contributed by atoms with Crippen molar-refractivity contribution in [3.8, 4) is 0 Å². The number of carbonyl (C=O) groups is 3. The van der Waals surface area contributed by atoms with Crippen LogP contribution in [0.1, 0.15) is 220 Å². The quantitative estimate of drug-likeness (QED) is 0.0268. The SMILES string of the molecule is CCC/C=C\C/C=C\CCCCCCCC(=O)OCC(COC(=O)CCCCCCCCCCCC)OC(=O)CCCCCCC/C=C\C/C=C\CCC. The molecule has 0 saturated heterocycles. The van der Waals surface area contributed by atoms with Gasteiger partial charge in [-0.1, -0.05) is 179 Å². The van der Waals surface area contributed by atoms with Gasteiger partial charge in [-0.25, -0.2) is 0 Å². The molecular weight excluding hydrogens is 673 g/mol. The number of allylic oxidation sites excluding steroid dienone is 8. The Balaban J connectivity index is 4.41. The summed E-state index contributed by atoms with van der Waals surface area (Å²) >= 11 is 0. The Morgan fingerprint density at radius 2 is 0.704 bits per heavy atom. The Morgan fingerprint density at radius 3 is 1.09 bits per heavy atom. The number of rotatable bonds is 40. The van der Waals surface area contributed by atoms with E-state index in [1.165, 1.54) is 64.2 Å². The molecule has 0 heterocycles. The molecule has 0 aromatic carbocycles. The molecule has 54 heavy (non-hydrogen) atoms. The van der Waals surface area contributed by atoms with Crippen LogP contribution in [-0.4, -0.2) is 37.2 Å². The number of unbranched alkanes of at least 4 members (excludes halogenated alkanes) is 21.